The van der Waals surface area contributed by atoms with Crippen LogP contribution in [0.4, 0.5) is 0 Å². The number of carbonyl (C=O) groups excluding carboxylic acids is 1. The van der Waals surface area contributed by atoms with Crippen LogP contribution in [0.1, 0.15) is 17.4 Å². The Hall–Kier alpha value is -2.58. The number of furan rings is 1. The Morgan fingerprint density at radius 1 is 1.26 bits per heavy atom. The molecule has 9 heteroatoms. The Balaban J connectivity index is 1.87. The zero-order chi connectivity index (χ0) is 19.4. The summed E-state index contributed by atoms with van der Waals surface area (Å²) in [4.78, 5) is 12.4. The summed E-state index contributed by atoms with van der Waals surface area (Å²) in [5, 5.41) is 7.53. The van der Waals surface area contributed by atoms with Gasteiger partial charge in [0.15, 0.2) is 21.3 Å². The largest absolute Gasteiger partial charge is 0.463 e. The normalized spacial score (nSPS) is 11.5. The molecule has 0 fully saturated rings. The van der Waals surface area contributed by atoms with E-state index in [1.807, 2.05) is 0 Å². The summed E-state index contributed by atoms with van der Waals surface area (Å²) >= 11 is 5.94. The van der Waals surface area contributed by atoms with Crippen LogP contribution < -0.4 is 5.32 Å². The number of benzene rings is 1. The predicted octanol–water partition coefficient (Wildman–Crippen LogP) is 2.95. The van der Waals surface area contributed by atoms with E-state index in [9.17, 15) is 13.2 Å². The molecule has 142 valence electrons. The lowest BCUT2D eigenvalue weighted by molar-refractivity contribution is 0.0950. The van der Waals surface area contributed by atoms with Gasteiger partial charge in [0.1, 0.15) is 5.69 Å². The molecule has 0 atom stereocenters. The third-order valence-electron chi connectivity index (χ3n) is 3.93. The lowest BCUT2D eigenvalue weighted by Crippen LogP contribution is -2.30. The van der Waals surface area contributed by atoms with Crippen LogP contribution in [0.5, 0.6) is 0 Å². The molecule has 1 N–H and O–H groups in total. The van der Waals surface area contributed by atoms with Crippen molar-refractivity contribution in [2.75, 3.05) is 18.1 Å². The van der Waals surface area contributed by atoms with Gasteiger partial charge < -0.3 is 9.73 Å². The molecule has 0 aliphatic rings. The molecule has 1 amide bonds. The Morgan fingerprint density at radius 2 is 2.00 bits per heavy atom. The van der Waals surface area contributed by atoms with Crippen molar-refractivity contribution in [3.05, 3.63) is 59.4 Å². The van der Waals surface area contributed by atoms with E-state index in [-0.39, 0.29) is 23.7 Å². The zero-order valence-corrected chi connectivity index (χ0v) is 16.1. The van der Waals surface area contributed by atoms with E-state index < -0.39 is 15.7 Å². The molecule has 0 unspecified atom stereocenters. The number of rotatable bonds is 7. The van der Waals surface area contributed by atoms with E-state index in [1.165, 1.54) is 6.26 Å². The standard InChI is InChI=1S/C18H18ClN3O4S/c1-2-27(24,25)11-9-20-18(23)15-12-16(17-4-3-10-26-17)22(21-15)14-7-5-13(19)6-8-14/h3-8,10,12H,2,9,11H2,1H3,(H,20,23). The number of nitrogens with one attached hydrogen (secondary N) is 1. The molecule has 2 heterocycles. The molecule has 3 rings (SSSR count). The molecule has 3 aromatic rings. The highest BCUT2D eigenvalue weighted by atomic mass is 35.5. The van der Waals surface area contributed by atoms with Gasteiger partial charge in [0.2, 0.25) is 0 Å². The second-order valence-corrected chi connectivity index (χ2v) is 8.68. The van der Waals surface area contributed by atoms with E-state index in [0.717, 1.165) is 0 Å². The van der Waals surface area contributed by atoms with Gasteiger partial charge in [-0.25, -0.2) is 13.1 Å². The third kappa shape index (κ3) is 4.58. The number of sulfone groups is 1. The molecule has 0 bridgehead atoms. The van der Waals surface area contributed by atoms with Crippen LogP contribution in [0.2, 0.25) is 5.02 Å². The molecule has 0 aliphatic heterocycles. The average molecular weight is 408 g/mol. The summed E-state index contributed by atoms with van der Waals surface area (Å²) in [5.74, 6) is 0.0152. The van der Waals surface area contributed by atoms with Gasteiger partial charge in [0.25, 0.3) is 5.91 Å². The van der Waals surface area contributed by atoms with Gasteiger partial charge in [-0.3, -0.25) is 4.79 Å². The number of hydrogen-bond donors (Lipinski definition) is 1. The number of carbonyl (C=O) groups is 1. The summed E-state index contributed by atoms with van der Waals surface area (Å²) in [5.41, 5.74) is 1.46. The molecule has 0 aliphatic carbocycles. The first-order valence-corrected chi connectivity index (χ1v) is 10.5. The Bertz CT molecular complexity index is 1030. The molecule has 2 aromatic heterocycles. The highest BCUT2D eigenvalue weighted by molar-refractivity contribution is 7.91. The number of halogens is 1. The smallest absolute Gasteiger partial charge is 0.271 e. The van der Waals surface area contributed by atoms with Crippen LogP contribution in [0, 0.1) is 0 Å². The molecule has 27 heavy (non-hydrogen) atoms. The SMILES string of the molecule is CCS(=O)(=O)CCNC(=O)c1cc(-c2ccco2)n(-c2ccc(Cl)cc2)n1. The summed E-state index contributed by atoms with van der Waals surface area (Å²) in [6, 6.07) is 12.1. The van der Waals surface area contributed by atoms with Crippen molar-refractivity contribution in [3.63, 3.8) is 0 Å². The van der Waals surface area contributed by atoms with Crippen LogP contribution in [0.3, 0.4) is 0 Å². The minimum Gasteiger partial charge on any atom is -0.463 e. The van der Waals surface area contributed by atoms with Crippen LogP contribution in [-0.2, 0) is 9.84 Å². The fourth-order valence-electron chi connectivity index (χ4n) is 2.43. The van der Waals surface area contributed by atoms with E-state index >= 15 is 0 Å². The monoisotopic (exact) mass is 407 g/mol. The molecule has 0 saturated heterocycles. The molecular weight excluding hydrogens is 390 g/mol. The molecule has 7 nitrogen and oxygen atoms in total. The summed E-state index contributed by atoms with van der Waals surface area (Å²) < 4.78 is 30.1. The first-order chi connectivity index (χ1) is 12.9. The van der Waals surface area contributed by atoms with Crippen LogP contribution in [0.25, 0.3) is 17.1 Å². The average Bonchev–Trinajstić information content (AvgIpc) is 3.31. The van der Waals surface area contributed by atoms with Crippen molar-refractivity contribution in [2.45, 2.75) is 6.92 Å². The lowest BCUT2D eigenvalue weighted by Gasteiger charge is -2.05. The van der Waals surface area contributed by atoms with Crippen molar-refractivity contribution >= 4 is 27.3 Å². The van der Waals surface area contributed by atoms with Gasteiger partial charge in [-0.05, 0) is 36.4 Å². The molecular formula is C18H18ClN3O4S. The van der Waals surface area contributed by atoms with E-state index in [4.69, 9.17) is 16.0 Å². The van der Waals surface area contributed by atoms with E-state index in [0.29, 0.717) is 22.2 Å². The maximum Gasteiger partial charge on any atom is 0.271 e. The molecule has 0 spiro atoms. The van der Waals surface area contributed by atoms with Gasteiger partial charge in [0.05, 0.1) is 17.7 Å². The fraction of sp³-hybridized carbons (Fsp3) is 0.222. The van der Waals surface area contributed by atoms with Gasteiger partial charge in [-0.15, -0.1) is 0 Å². The van der Waals surface area contributed by atoms with Gasteiger partial charge in [0, 0.05) is 23.4 Å². The Labute approximate surface area is 161 Å². The van der Waals surface area contributed by atoms with Gasteiger partial charge in [-0.2, -0.15) is 5.10 Å². The highest BCUT2D eigenvalue weighted by Crippen LogP contribution is 2.25. The van der Waals surface area contributed by atoms with Crippen molar-refractivity contribution in [3.8, 4) is 17.1 Å². The van der Waals surface area contributed by atoms with Crippen LogP contribution >= 0.6 is 11.6 Å². The first-order valence-electron chi connectivity index (χ1n) is 8.28. The minimum absolute atomic E-state index is 0.0267. The van der Waals surface area contributed by atoms with Gasteiger partial charge >= 0.3 is 0 Å². The van der Waals surface area contributed by atoms with Crippen LogP contribution in [-0.4, -0.2) is 42.2 Å². The summed E-state index contributed by atoms with van der Waals surface area (Å²) in [7, 11) is -3.15. The van der Waals surface area contributed by atoms with Crippen molar-refractivity contribution in [2.24, 2.45) is 0 Å². The number of amides is 1. The molecule has 0 radical (unpaired) electrons. The van der Waals surface area contributed by atoms with Crippen LogP contribution in [0.15, 0.2) is 53.1 Å². The lowest BCUT2D eigenvalue weighted by atomic mass is 10.2. The molecule has 0 saturated carbocycles. The second kappa shape index (κ2) is 7.98. The maximum absolute atomic E-state index is 12.4. The summed E-state index contributed by atoms with van der Waals surface area (Å²) in [6.07, 6.45) is 1.53. The summed E-state index contributed by atoms with van der Waals surface area (Å²) in [6.45, 7) is 1.60. The number of hydrogen-bond acceptors (Lipinski definition) is 5. The Kier molecular flexibility index (Phi) is 5.67. The minimum atomic E-state index is -3.15. The quantitative estimate of drug-likeness (QED) is 0.649. The maximum atomic E-state index is 12.4. The second-order valence-electron chi connectivity index (χ2n) is 5.77. The number of nitrogens with zero attached hydrogens (tertiary/aromatic N) is 2. The van der Waals surface area contributed by atoms with E-state index in [1.54, 1.807) is 54.1 Å². The Morgan fingerprint density at radius 3 is 2.63 bits per heavy atom. The third-order valence-corrected chi connectivity index (χ3v) is 5.88. The first kappa shape index (κ1) is 19.2. The predicted molar refractivity (Wildman–Crippen MR) is 103 cm³/mol. The van der Waals surface area contributed by atoms with Crippen molar-refractivity contribution in [1.82, 2.24) is 15.1 Å². The van der Waals surface area contributed by atoms with Crippen molar-refractivity contribution in [1.29, 1.82) is 0 Å². The topological polar surface area (TPSA) is 94.2 Å². The fourth-order valence-corrected chi connectivity index (χ4v) is 3.25. The molecule has 1 aromatic carbocycles. The number of aromatic nitrogens is 2. The van der Waals surface area contributed by atoms with Gasteiger partial charge in [-0.1, -0.05) is 18.5 Å². The zero-order valence-electron chi connectivity index (χ0n) is 14.6. The van der Waals surface area contributed by atoms with Crippen molar-refractivity contribution < 1.29 is 17.6 Å². The highest BCUT2D eigenvalue weighted by Gasteiger charge is 2.18. The van der Waals surface area contributed by atoms with E-state index in [2.05, 4.69) is 10.4 Å².